The van der Waals surface area contributed by atoms with Gasteiger partial charge in [-0.2, -0.15) is 0 Å². The second kappa shape index (κ2) is 8.21. The lowest BCUT2D eigenvalue weighted by atomic mass is 10.2. The van der Waals surface area contributed by atoms with Gasteiger partial charge >= 0.3 is 0 Å². The number of carbonyl (C=O) groups excluding carboxylic acids is 1. The maximum Gasteiger partial charge on any atom is 0.221 e. The smallest absolute Gasteiger partial charge is 0.221 e. The number of benzene rings is 2. The molecule has 0 atom stereocenters. The van der Waals surface area contributed by atoms with Gasteiger partial charge in [-0.1, -0.05) is 0 Å². The molecule has 1 aromatic heterocycles. The van der Waals surface area contributed by atoms with Crippen LogP contribution < -0.4 is 10.2 Å². The van der Waals surface area contributed by atoms with E-state index in [1.807, 2.05) is 37.4 Å². The van der Waals surface area contributed by atoms with Crippen LogP contribution in [0.2, 0.25) is 0 Å². The van der Waals surface area contributed by atoms with Crippen LogP contribution in [0.3, 0.4) is 0 Å². The van der Waals surface area contributed by atoms with E-state index in [1.165, 1.54) is 19.1 Å². The SMILES string of the molecule is CC(=O)Nc1ccc2c(c1)nc(CCN1CCN(c3ccc(F)cc3)CC1)n2C. The average Bonchev–Trinajstić information content (AvgIpc) is 3.02. The number of anilines is 2. The zero-order valence-electron chi connectivity index (χ0n) is 16.9. The number of piperazine rings is 1. The van der Waals surface area contributed by atoms with Gasteiger partial charge in [0, 0.05) is 64.5 Å². The molecule has 4 rings (SSSR count). The number of nitrogens with one attached hydrogen (secondary N) is 1. The van der Waals surface area contributed by atoms with Crippen molar-refractivity contribution < 1.29 is 9.18 Å². The van der Waals surface area contributed by atoms with Crippen molar-refractivity contribution in [3.63, 3.8) is 0 Å². The molecular formula is C22H26FN5O. The molecule has 0 spiro atoms. The Morgan fingerprint density at radius 1 is 1.10 bits per heavy atom. The summed E-state index contributed by atoms with van der Waals surface area (Å²) in [7, 11) is 2.04. The van der Waals surface area contributed by atoms with Crippen LogP contribution >= 0.6 is 0 Å². The second-order valence-corrected chi connectivity index (χ2v) is 7.53. The molecule has 3 aromatic rings. The zero-order valence-corrected chi connectivity index (χ0v) is 16.9. The lowest BCUT2D eigenvalue weighted by Gasteiger charge is -2.36. The summed E-state index contributed by atoms with van der Waals surface area (Å²) in [6, 6.07) is 12.6. The van der Waals surface area contributed by atoms with Crippen molar-refractivity contribution in [2.24, 2.45) is 7.05 Å². The number of carbonyl (C=O) groups is 1. The predicted octanol–water partition coefficient (Wildman–Crippen LogP) is 3.04. The van der Waals surface area contributed by atoms with Gasteiger partial charge in [0.1, 0.15) is 11.6 Å². The summed E-state index contributed by atoms with van der Waals surface area (Å²) < 4.78 is 15.2. The fraction of sp³-hybridized carbons (Fsp3) is 0.364. The first-order chi connectivity index (χ1) is 14.0. The fourth-order valence-electron chi connectivity index (χ4n) is 3.89. The van der Waals surface area contributed by atoms with E-state index in [1.54, 1.807) is 0 Å². The van der Waals surface area contributed by atoms with Crippen molar-refractivity contribution in [2.75, 3.05) is 42.9 Å². The lowest BCUT2D eigenvalue weighted by molar-refractivity contribution is -0.114. The number of hydrogen-bond donors (Lipinski definition) is 1. The van der Waals surface area contributed by atoms with E-state index in [-0.39, 0.29) is 11.7 Å². The molecule has 1 N–H and O–H groups in total. The molecule has 1 aliphatic rings. The molecule has 6 nitrogen and oxygen atoms in total. The van der Waals surface area contributed by atoms with Crippen LogP contribution in [0.4, 0.5) is 15.8 Å². The summed E-state index contributed by atoms with van der Waals surface area (Å²) >= 11 is 0. The van der Waals surface area contributed by atoms with Gasteiger partial charge in [-0.3, -0.25) is 9.69 Å². The molecule has 2 heterocycles. The van der Waals surface area contributed by atoms with Crippen molar-refractivity contribution in [1.82, 2.24) is 14.5 Å². The summed E-state index contributed by atoms with van der Waals surface area (Å²) in [5, 5.41) is 2.81. The zero-order chi connectivity index (χ0) is 20.4. The van der Waals surface area contributed by atoms with E-state index >= 15 is 0 Å². The predicted molar refractivity (Wildman–Crippen MR) is 114 cm³/mol. The first-order valence-electron chi connectivity index (χ1n) is 9.95. The van der Waals surface area contributed by atoms with E-state index < -0.39 is 0 Å². The third-order valence-corrected chi connectivity index (χ3v) is 5.51. The number of halogens is 1. The van der Waals surface area contributed by atoms with Gasteiger partial charge in [0.05, 0.1) is 11.0 Å². The van der Waals surface area contributed by atoms with Crippen LogP contribution in [0.15, 0.2) is 42.5 Å². The van der Waals surface area contributed by atoms with Gasteiger partial charge in [-0.25, -0.2) is 9.37 Å². The maximum atomic E-state index is 13.1. The summed E-state index contributed by atoms with van der Waals surface area (Å²) in [5.74, 6) is 0.764. The number of nitrogens with zero attached hydrogens (tertiary/aromatic N) is 4. The Bertz CT molecular complexity index is 1010. The van der Waals surface area contributed by atoms with Gasteiger partial charge in [0.2, 0.25) is 5.91 Å². The van der Waals surface area contributed by atoms with Gasteiger partial charge < -0.3 is 14.8 Å². The number of fused-ring (bicyclic) bond motifs is 1. The van der Waals surface area contributed by atoms with Crippen molar-refractivity contribution in [1.29, 1.82) is 0 Å². The molecule has 0 aliphatic carbocycles. The van der Waals surface area contributed by atoms with E-state index in [2.05, 4.69) is 19.7 Å². The van der Waals surface area contributed by atoms with Crippen LogP contribution in [0, 0.1) is 5.82 Å². The number of imidazole rings is 1. The molecule has 2 aromatic carbocycles. The molecule has 7 heteroatoms. The average molecular weight is 395 g/mol. The monoisotopic (exact) mass is 395 g/mol. The topological polar surface area (TPSA) is 53.4 Å². The van der Waals surface area contributed by atoms with Crippen LogP contribution in [0.5, 0.6) is 0 Å². The Balaban J connectivity index is 1.35. The van der Waals surface area contributed by atoms with Crippen LogP contribution in [0.1, 0.15) is 12.7 Å². The van der Waals surface area contributed by atoms with Crippen molar-refractivity contribution >= 4 is 28.3 Å². The number of aryl methyl sites for hydroxylation is 1. The quantitative estimate of drug-likeness (QED) is 0.722. The molecule has 0 unspecified atom stereocenters. The highest BCUT2D eigenvalue weighted by Gasteiger charge is 2.18. The minimum atomic E-state index is -0.195. The second-order valence-electron chi connectivity index (χ2n) is 7.53. The van der Waals surface area contributed by atoms with Gasteiger partial charge in [-0.05, 0) is 42.5 Å². The molecule has 0 radical (unpaired) electrons. The Hall–Kier alpha value is -2.93. The Morgan fingerprint density at radius 2 is 1.83 bits per heavy atom. The minimum absolute atomic E-state index is 0.0831. The fourth-order valence-corrected chi connectivity index (χ4v) is 3.89. The molecule has 0 saturated carbocycles. The number of amides is 1. The summed E-state index contributed by atoms with van der Waals surface area (Å²) in [6.45, 7) is 6.29. The number of aromatic nitrogens is 2. The van der Waals surface area contributed by atoms with Crippen LogP contribution in [0.25, 0.3) is 11.0 Å². The molecule has 152 valence electrons. The molecule has 29 heavy (non-hydrogen) atoms. The van der Waals surface area contributed by atoms with Gasteiger partial charge in [0.25, 0.3) is 0 Å². The van der Waals surface area contributed by atoms with Crippen molar-refractivity contribution in [3.05, 3.63) is 54.1 Å². The highest BCUT2D eigenvalue weighted by atomic mass is 19.1. The minimum Gasteiger partial charge on any atom is -0.369 e. The first-order valence-corrected chi connectivity index (χ1v) is 9.95. The molecule has 0 bridgehead atoms. The van der Waals surface area contributed by atoms with E-state index in [9.17, 15) is 9.18 Å². The summed E-state index contributed by atoms with van der Waals surface area (Å²) in [4.78, 5) is 20.8. The summed E-state index contributed by atoms with van der Waals surface area (Å²) in [5.41, 5.74) is 3.81. The highest BCUT2D eigenvalue weighted by molar-refractivity contribution is 5.91. The molecule has 1 fully saturated rings. The third-order valence-electron chi connectivity index (χ3n) is 5.51. The maximum absolute atomic E-state index is 13.1. The van der Waals surface area contributed by atoms with Gasteiger partial charge in [-0.15, -0.1) is 0 Å². The number of hydrogen-bond acceptors (Lipinski definition) is 4. The largest absolute Gasteiger partial charge is 0.369 e. The molecule has 1 saturated heterocycles. The number of rotatable bonds is 5. The van der Waals surface area contributed by atoms with E-state index in [0.717, 1.165) is 67.4 Å². The Morgan fingerprint density at radius 3 is 2.52 bits per heavy atom. The van der Waals surface area contributed by atoms with Crippen LogP contribution in [-0.4, -0.2) is 53.1 Å². The summed E-state index contributed by atoms with van der Waals surface area (Å²) in [6.07, 6.45) is 0.872. The van der Waals surface area contributed by atoms with Crippen molar-refractivity contribution in [3.8, 4) is 0 Å². The van der Waals surface area contributed by atoms with Gasteiger partial charge in [0.15, 0.2) is 0 Å². The third kappa shape index (κ3) is 4.40. The van der Waals surface area contributed by atoms with Crippen molar-refractivity contribution in [2.45, 2.75) is 13.3 Å². The van der Waals surface area contributed by atoms with E-state index in [0.29, 0.717) is 0 Å². The van der Waals surface area contributed by atoms with Crippen LogP contribution in [-0.2, 0) is 18.3 Å². The van der Waals surface area contributed by atoms with E-state index in [4.69, 9.17) is 4.98 Å². The first kappa shape index (κ1) is 19.4. The normalized spacial score (nSPS) is 15.1. The lowest BCUT2D eigenvalue weighted by Crippen LogP contribution is -2.47. The molecular weight excluding hydrogens is 369 g/mol. The standard InChI is InChI=1S/C22H26FN5O/c1-16(29)24-18-5-8-21-20(15-18)25-22(26(21)2)9-10-27-11-13-28(14-12-27)19-6-3-17(23)4-7-19/h3-8,15H,9-14H2,1-2H3,(H,24,29). The Labute approximate surface area is 169 Å². The molecule has 1 amide bonds. The molecule has 1 aliphatic heterocycles. The highest BCUT2D eigenvalue weighted by Crippen LogP contribution is 2.21. The Kier molecular flexibility index (Phi) is 5.49.